The van der Waals surface area contributed by atoms with E-state index in [2.05, 4.69) is 31.8 Å². The van der Waals surface area contributed by atoms with Crippen molar-refractivity contribution in [3.63, 3.8) is 0 Å². The molecule has 0 radical (unpaired) electrons. The molecule has 2 aromatic heterocycles. The van der Waals surface area contributed by atoms with Gasteiger partial charge in [-0.15, -0.1) is 6.42 Å². The fourth-order valence-electron chi connectivity index (χ4n) is 9.96. The standard InChI is InChI=1S/C44H45F3N8O3/c1-2-33-36(46)12-10-29-6-3-7-34(38(29)33)40-39(47)41-35(21-49-40)42(51-43(50-41)58-27-44-14-5-17-54(44)23-30(45)20-44)53-18-19-55(31(24-53)13-15-48)37(56)8-4-16-52-22-28-9-11-32(52)26-57-25-28/h1,3-4,6-8,10,12,21,28,30-32H,5,9,11,13-14,16-20,22-27H2/b8-4+/t28-,30-,31+,32+,44+/m1/s1. The molecule has 6 saturated heterocycles. The second kappa shape index (κ2) is 15.8. The highest BCUT2D eigenvalue weighted by Gasteiger charge is 2.49. The van der Waals surface area contributed by atoms with E-state index in [0.717, 1.165) is 39.0 Å². The largest absolute Gasteiger partial charge is 0.461 e. The summed E-state index contributed by atoms with van der Waals surface area (Å²) in [7, 11) is 0. The number of fused-ring (bicyclic) bond motifs is 7. The maximum absolute atomic E-state index is 17.1. The number of piperazine rings is 1. The summed E-state index contributed by atoms with van der Waals surface area (Å²) in [5.41, 5.74) is -0.339. The number of benzene rings is 2. The number of carbonyl (C=O) groups is 1. The number of anilines is 1. The van der Waals surface area contributed by atoms with Gasteiger partial charge in [0.1, 0.15) is 35.6 Å². The van der Waals surface area contributed by atoms with Crippen molar-refractivity contribution in [2.45, 2.75) is 62.3 Å². The second-order valence-electron chi connectivity index (χ2n) is 16.3. The van der Waals surface area contributed by atoms with Crippen molar-refractivity contribution in [2.75, 3.05) is 70.5 Å². The molecule has 8 heterocycles. The number of hydrogen-bond donors (Lipinski definition) is 0. The van der Waals surface area contributed by atoms with Crippen LogP contribution in [-0.2, 0) is 9.53 Å². The summed E-state index contributed by atoms with van der Waals surface area (Å²) in [6, 6.07) is 10.0. The van der Waals surface area contributed by atoms with Gasteiger partial charge in [0.15, 0.2) is 5.82 Å². The number of piperidine rings is 1. The predicted molar refractivity (Wildman–Crippen MR) is 213 cm³/mol. The van der Waals surface area contributed by atoms with Crippen LogP contribution in [0.25, 0.3) is 32.9 Å². The van der Waals surface area contributed by atoms with E-state index in [4.69, 9.17) is 20.9 Å². The number of amides is 1. The third-order valence-electron chi connectivity index (χ3n) is 12.8. The minimum atomic E-state index is -0.966. The SMILES string of the molecule is C#Cc1c(F)ccc2cccc(-c3ncc4c(N5CCN(C(=O)/C=C/CN6C[C@H]7CC[C@H]6COC7)[C@@H](CC#N)C5)nc(OC[C@@]56CCCN5C[C@H](F)C6)nc4c3F)c12. The molecule has 14 heteroatoms. The minimum absolute atomic E-state index is 0.000698. The fraction of sp³-hybridized carbons (Fsp3) is 0.477. The average Bonchev–Trinajstić information content (AvgIpc) is 3.56. The van der Waals surface area contributed by atoms with Crippen LogP contribution in [0.5, 0.6) is 6.01 Å². The maximum Gasteiger partial charge on any atom is 0.319 e. The lowest BCUT2D eigenvalue weighted by molar-refractivity contribution is -0.128. The summed E-state index contributed by atoms with van der Waals surface area (Å²) < 4.78 is 58.9. The Hall–Kier alpha value is -5.28. The Morgan fingerprint density at radius 3 is 2.86 bits per heavy atom. The summed E-state index contributed by atoms with van der Waals surface area (Å²) in [5.74, 6) is 1.72. The molecular formula is C44H45F3N8O3. The lowest BCUT2D eigenvalue weighted by atomic mass is 9.95. The van der Waals surface area contributed by atoms with Crippen LogP contribution in [0, 0.1) is 41.2 Å². The van der Waals surface area contributed by atoms with Crippen LogP contribution >= 0.6 is 0 Å². The van der Waals surface area contributed by atoms with Gasteiger partial charge >= 0.3 is 6.01 Å². The second-order valence-corrected chi connectivity index (χ2v) is 16.3. The molecule has 0 N–H and O–H groups in total. The number of terminal acetylenes is 1. The molecule has 5 atom stereocenters. The molecule has 2 bridgehead atoms. The molecular weight excluding hydrogens is 746 g/mol. The maximum atomic E-state index is 17.1. The van der Waals surface area contributed by atoms with E-state index in [1.807, 2.05) is 11.0 Å². The zero-order valence-electron chi connectivity index (χ0n) is 32.3. The van der Waals surface area contributed by atoms with Gasteiger partial charge in [-0.2, -0.15) is 15.2 Å². The number of nitriles is 1. The third-order valence-corrected chi connectivity index (χ3v) is 12.8. The van der Waals surface area contributed by atoms with Crippen LogP contribution in [-0.4, -0.2) is 125 Å². The highest BCUT2D eigenvalue weighted by Crippen LogP contribution is 2.41. The lowest BCUT2D eigenvalue weighted by Gasteiger charge is -2.41. The van der Waals surface area contributed by atoms with Gasteiger partial charge in [-0.05, 0) is 49.6 Å². The highest BCUT2D eigenvalue weighted by molar-refractivity contribution is 6.02. The Morgan fingerprint density at radius 1 is 1.10 bits per heavy atom. The highest BCUT2D eigenvalue weighted by atomic mass is 19.1. The van der Waals surface area contributed by atoms with Crippen LogP contribution in [0.4, 0.5) is 19.0 Å². The molecule has 58 heavy (non-hydrogen) atoms. The number of nitrogens with zero attached hydrogens (tertiary/aromatic N) is 8. The number of alkyl halides is 1. The smallest absolute Gasteiger partial charge is 0.319 e. The number of rotatable bonds is 9. The van der Waals surface area contributed by atoms with Crippen molar-refractivity contribution < 1.29 is 27.4 Å². The van der Waals surface area contributed by atoms with Crippen LogP contribution in [0.3, 0.4) is 0 Å². The van der Waals surface area contributed by atoms with Crippen molar-refractivity contribution >= 4 is 33.4 Å². The molecule has 4 aromatic rings. The number of aromatic nitrogens is 3. The van der Waals surface area contributed by atoms with Crippen molar-refractivity contribution in [1.82, 2.24) is 29.7 Å². The van der Waals surface area contributed by atoms with Crippen molar-refractivity contribution in [2.24, 2.45) is 5.92 Å². The van der Waals surface area contributed by atoms with Gasteiger partial charge in [0.05, 0.1) is 48.2 Å². The summed E-state index contributed by atoms with van der Waals surface area (Å²) >= 11 is 0. The fourth-order valence-corrected chi connectivity index (χ4v) is 9.96. The van der Waals surface area contributed by atoms with Gasteiger partial charge in [-0.3, -0.25) is 19.6 Å². The quantitative estimate of drug-likeness (QED) is 0.156. The Bertz CT molecular complexity index is 2360. The minimum Gasteiger partial charge on any atom is -0.461 e. The van der Waals surface area contributed by atoms with Gasteiger partial charge in [-0.1, -0.05) is 36.3 Å². The molecule has 11 nitrogen and oxygen atoms in total. The number of halogens is 3. The van der Waals surface area contributed by atoms with Gasteiger partial charge in [0.2, 0.25) is 5.91 Å². The molecule has 10 rings (SSSR count). The summed E-state index contributed by atoms with van der Waals surface area (Å²) in [6.07, 6.45) is 14.1. The van der Waals surface area contributed by atoms with Gasteiger partial charge in [0.25, 0.3) is 0 Å². The Labute approximate surface area is 335 Å². The molecule has 6 fully saturated rings. The van der Waals surface area contributed by atoms with Gasteiger partial charge in [-0.25, -0.2) is 13.2 Å². The van der Waals surface area contributed by atoms with E-state index in [1.54, 1.807) is 35.2 Å². The first kappa shape index (κ1) is 38.2. The molecule has 0 saturated carbocycles. The van der Waals surface area contributed by atoms with Crippen LogP contribution in [0.1, 0.15) is 44.1 Å². The van der Waals surface area contributed by atoms with E-state index < -0.39 is 29.4 Å². The van der Waals surface area contributed by atoms with E-state index in [9.17, 15) is 18.8 Å². The third kappa shape index (κ3) is 7.01. The Balaban J connectivity index is 1.04. The molecule has 6 aliphatic heterocycles. The molecule has 0 unspecified atom stereocenters. The topological polar surface area (TPSA) is 111 Å². The predicted octanol–water partition coefficient (Wildman–Crippen LogP) is 5.66. The first-order valence-electron chi connectivity index (χ1n) is 20.2. The Kier molecular flexibility index (Phi) is 10.4. The zero-order chi connectivity index (χ0) is 40.0. The number of hydrogen-bond acceptors (Lipinski definition) is 10. The molecule has 300 valence electrons. The lowest BCUT2D eigenvalue weighted by Crippen LogP contribution is -2.55. The average molecular weight is 791 g/mol. The molecule has 6 aliphatic rings. The van der Waals surface area contributed by atoms with Crippen LogP contribution in [0.15, 0.2) is 48.7 Å². The molecule has 0 aliphatic carbocycles. The molecule has 0 spiro atoms. The van der Waals surface area contributed by atoms with E-state index in [0.29, 0.717) is 78.7 Å². The van der Waals surface area contributed by atoms with Crippen molar-refractivity contribution in [3.8, 4) is 35.7 Å². The summed E-state index contributed by atoms with van der Waals surface area (Å²) in [6.45, 7) is 5.21. The van der Waals surface area contributed by atoms with E-state index >= 15 is 4.39 Å². The van der Waals surface area contributed by atoms with Crippen molar-refractivity contribution in [1.29, 1.82) is 5.26 Å². The Morgan fingerprint density at radius 2 is 2.00 bits per heavy atom. The molecule has 2 aromatic carbocycles. The summed E-state index contributed by atoms with van der Waals surface area (Å²) in [5, 5.41) is 11.2. The normalized spacial score (nSPS) is 26.3. The number of pyridine rings is 1. The number of carbonyl (C=O) groups excluding carboxylic acids is 1. The van der Waals surface area contributed by atoms with Crippen molar-refractivity contribution in [3.05, 3.63) is 65.9 Å². The first-order valence-corrected chi connectivity index (χ1v) is 20.2. The van der Waals surface area contributed by atoms with Gasteiger partial charge in [0, 0.05) is 75.0 Å². The number of ether oxygens (including phenoxy) is 2. The van der Waals surface area contributed by atoms with Gasteiger partial charge < -0.3 is 19.3 Å². The first-order chi connectivity index (χ1) is 28.2. The molecule has 1 amide bonds. The monoisotopic (exact) mass is 790 g/mol. The van der Waals surface area contributed by atoms with E-state index in [1.165, 1.54) is 18.7 Å². The van der Waals surface area contributed by atoms with Crippen LogP contribution < -0.4 is 9.64 Å². The summed E-state index contributed by atoms with van der Waals surface area (Å²) in [4.78, 5) is 35.8. The zero-order valence-corrected chi connectivity index (χ0v) is 32.3. The van der Waals surface area contributed by atoms with Crippen LogP contribution in [0.2, 0.25) is 0 Å². The van der Waals surface area contributed by atoms with E-state index in [-0.39, 0.29) is 48.3 Å².